The fourth-order valence-corrected chi connectivity index (χ4v) is 3.13. The molecule has 0 unspecified atom stereocenters. The molecule has 144 valence electrons. The van der Waals surface area contributed by atoms with E-state index in [0.29, 0.717) is 0 Å². The van der Waals surface area contributed by atoms with Gasteiger partial charge in [0.1, 0.15) is 23.0 Å². The number of methoxy groups -OCH3 is 2. The highest BCUT2D eigenvalue weighted by atomic mass is 16.5. The summed E-state index contributed by atoms with van der Waals surface area (Å²) in [6, 6.07) is 32.2. The molecule has 0 fully saturated rings. The zero-order valence-electron chi connectivity index (χ0n) is 16.5. The molecule has 0 aromatic heterocycles. The van der Waals surface area contributed by atoms with Gasteiger partial charge in [-0.3, -0.25) is 0 Å². The van der Waals surface area contributed by atoms with Gasteiger partial charge >= 0.3 is 0 Å². The van der Waals surface area contributed by atoms with Gasteiger partial charge in [0, 0.05) is 0 Å². The molecule has 0 saturated carbocycles. The predicted molar refractivity (Wildman–Crippen MR) is 117 cm³/mol. The highest BCUT2D eigenvalue weighted by molar-refractivity contribution is 5.66. The van der Waals surface area contributed by atoms with E-state index >= 15 is 0 Å². The van der Waals surface area contributed by atoms with Crippen molar-refractivity contribution in [2.45, 2.75) is 0 Å². The van der Waals surface area contributed by atoms with Crippen LogP contribution in [0.15, 0.2) is 97.1 Å². The molecule has 0 amide bonds. The largest absolute Gasteiger partial charge is 0.497 e. The summed E-state index contributed by atoms with van der Waals surface area (Å²) in [4.78, 5) is 0. The monoisotopic (exact) mass is 382 g/mol. The lowest BCUT2D eigenvalue weighted by molar-refractivity contribution is 0.415. The third-order valence-corrected chi connectivity index (χ3v) is 4.79. The maximum Gasteiger partial charge on any atom is 0.127 e. The quantitative estimate of drug-likeness (QED) is 0.366. The molecular formula is C26H22O3. The van der Waals surface area contributed by atoms with Gasteiger partial charge < -0.3 is 14.2 Å². The van der Waals surface area contributed by atoms with E-state index in [-0.39, 0.29) is 0 Å². The first-order chi connectivity index (χ1) is 14.2. The standard InChI is InChI=1S/C26H22O3/c1-27-23-11-3-19(4-12-23)21-7-15-25(16-8-21)29-26-17-9-22(10-18-26)20-5-13-24(28-2)14-6-20/h3-18H,1-2H3. The fourth-order valence-electron chi connectivity index (χ4n) is 3.13. The van der Waals surface area contributed by atoms with Crippen molar-refractivity contribution < 1.29 is 14.2 Å². The summed E-state index contributed by atoms with van der Waals surface area (Å²) in [5, 5.41) is 0. The van der Waals surface area contributed by atoms with E-state index in [1.165, 1.54) is 0 Å². The topological polar surface area (TPSA) is 27.7 Å². The van der Waals surface area contributed by atoms with Crippen molar-refractivity contribution >= 4 is 0 Å². The van der Waals surface area contributed by atoms with Crippen molar-refractivity contribution in [3.05, 3.63) is 97.1 Å². The number of benzene rings is 4. The molecule has 3 heteroatoms. The lowest BCUT2D eigenvalue weighted by Gasteiger charge is -2.09. The molecule has 0 atom stereocenters. The minimum Gasteiger partial charge on any atom is -0.497 e. The highest BCUT2D eigenvalue weighted by Gasteiger charge is 2.03. The summed E-state index contributed by atoms with van der Waals surface area (Å²) >= 11 is 0. The van der Waals surface area contributed by atoms with Gasteiger partial charge in [0.05, 0.1) is 14.2 Å². The molecule has 4 aromatic rings. The van der Waals surface area contributed by atoms with Crippen LogP contribution in [0.3, 0.4) is 0 Å². The second kappa shape index (κ2) is 8.53. The molecule has 0 spiro atoms. The molecule has 3 nitrogen and oxygen atoms in total. The Labute approximate surface area is 171 Å². The van der Waals surface area contributed by atoms with Crippen LogP contribution in [0.1, 0.15) is 0 Å². The Balaban J connectivity index is 1.44. The molecule has 0 radical (unpaired) electrons. The molecule has 0 saturated heterocycles. The molecular weight excluding hydrogens is 360 g/mol. The first kappa shape index (κ1) is 18.6. The van der Waals surface area contributed by atoms with Gasteiger partial charge in [0.2, 0.25) is 0 Å². The zero-order valence-corrected chi connectivity index (χ0v) is 16.5. The Morgan fingerprint density at radius 2 is 0.586 bits per heavy atom. The third-order valence-electron chi connectivity index (χ3n) is 4.79. The minimum absolute atomic E-state index is 0.805. The van der Waals surface area contributed by atoms with Gasteiger partial charge in [-0.25, -0.2) is 0 Å². The Morgan fingerprint density at radius 1 is 0.345 bits per heavy atom. The predicted octanol–water partition coefficient (Wildman–Crippen LogP) is 6.83. The van der Waals surface area contributed by atoms with Crippen molar-refractivity contribution in [3.8, 4) is 45.3 Å². The van der Waals surface area contributed by atoms with Crippen LogP contribution >= 0.6 is 0 Å². The molecule has 0 bridgehead atoms. The van der Waals surface area contributed by atoms with E-state index < -0.39 is 0 Å². The van der Waals surface area contributed by atoms with E-state index in [1.54, 1.807) is 14.2 Å². The van der Waals surface area contributed by atoms with E-state index in [1.807, 2.05) is 72.8 Å². The summed E-state index contributed by atoms with van der Waals surface area (Å²) in [5.41, 5.74) is 4.55. The second-order valence-electron chi connectivity index (χ2n) is 6.61. The smallest absolute Gasteiger partial charge is 0.127 e. The van der Waals surface area contributed by atoms with Crippen LogP contribution in [-0.4, -0.2) is 14.2 Å². The van der Waals surface area contributed by atoms with Crippen molar-refractivity contribution in [3.63, 3.8) is 0 Å². The minimum atomic E-state index is 0.805. The number of rotatable bonds is 6. The average molecular weight is 382 g/mol. The van der Waals surface area contributed by atoms with Gasteiger partial charge in [-0.1, -0.05) is 48.5 Å². The summed E-state index contributed by atoms with van der Waals surface area (Å²) in [5.74, 6) is 3.32. The first-order valence-corrected chi connectivity index (χ1v) is 9.42. The van der Waals surface area contributed by atoms with Crippen LogP contribution in [0.25, 0.3) is 22.3 Å². The lowest BCUT2D eigenvalue weighted by atomic mass is 10.1. The van der Waals surface area contributed by atoms with Crippen molar-refractivity contribution in [2.24, 2.45) is 0 Å². The van der Waals surface area contributed by atoms with Crippen LogP contribution in [0.5, 0.6) is 23.0 Å². The molecule has 0 aliphatic rings. The van der Waals surface area contributed by atoms with E-state index in [2.05, 4.69) is 24.3 Å². The number of ether oxygens (including phenoxy) is 3. The molecule has 0 aliphatic heterocycles. The number of hydrogen-bond acceptors (Lipinski definition) is 3. The van der Waals surface area contributed by atoms with E-state index in [9.17, 15) is 0 Å². The van der Waals surface area contributed by atoms with Gasteiger partial charge in [-0.15, -0.1) is 0 Å². The first-order valence-electron chi connectivity index (χ1n) is 9.42. The zero-order chi connectivity index (χ0) is 20.1. The second-order valence-corrected chi connectivity index (χ2v) is 6.61. The summed E-state index contributed by atoms with van der Waals surface area (Å²) in [6.07, 6.45) is 0. The Kier molecular flexibility index (Phi) is 5.48. The summed E-state index contributed by atoms with van der Waals surface area (Å²) < 4.78 is 16.4. The Bertz CT molecular complexity index is 960. The molecule has 29 heavy (non-hydrogen) atoms. The van der Waals surface area contributed by atoms with Gasteiger partial charge in [-0.2, -0.15) is 0 Å². The summed E-state index contributed by atoms with van der Waals surface area (Å²) in [6.45, 7) is 0. The molecule has 0 heterocycles. The third kappa shape index (κ3) is 4.41. The average Bonchev–Trinajstić information content (AvgIpc) is 2.80. The maximum atomic E-state index is 5.99. The van der Waals surface area contributed by atoms with Crippen molar-refractivity contribution in [1.82, 2.24) is 0 Å². The molecule has 0 N–H and O–H groups in total. The van der Waals surface area contributed by atoms with Crippen LogP contribution in [-0.2, 0) is 0 Å². The van der Waals surface area contributed by atoms with E-state index in [0.717, 1.165) is 45.3 Å². The molecule has 4 aromatic carbocycles. The highest BCUT2D eigenvalue weighted by Crippen LogP contribution is 2.29. The Hall–Kier alpha value is -3.72. The van der Waals surface area contributed by atoms with Crippen LogP contribution in [0, 0.1) is 0 Å². The van der Waals surface area contributed by atoms with Gasteiger partial charge in [0.15, 0.2) is 0 Å². The summed E-state index contributed by atoms with van der Waals surface area (Å²) in [7, 11) is 3.34. The fraction of sp³-hybridized carbons (Fsp3) is 0.0769. The van der Waals surface area contributed by atoms with Crippen LogP contribution in [0.4, 0.5) is 0 Å². The van der Waals surface area contributed by atoms with Gasteiger partial charge in [0.25, 0.3) is 0 Å². The van der Waals surface area contributed by atoms with Crippen molar-refractivity contribution in [2.75, 3.05) is 14.2 Å². The Morgan fingerprint density at radius 3 is 0.828 bits per heavy atom. The van der Waals surface area contributed by atoms with Crippen molar-refractivity contribution in [1.29, 1.82) is 0 Å². The van der Waals surface area contributed by atoms with Gasteiger partial charge in [-0.05, 0) is 70.8 Å². The van der Waals surface area contributed by atoms with Crippen LogP contribution < -0.4 is 14.2 Å². The molecule has 4 rings (SSSR count). The van der Waals surface area contributed by atoms with E-state index in [4.69, 9.17) is 14.2 Å². The SMILES string of the molecule is COc1ccc(-c2ccc(Oc3ccc(-c4ccc(OC)cc4)cc3)cc2)cc1. The number of hydrogen-bond donors (Lipinski definition) is 0. The normalized spacial score (nSPS) is 10.4. The molecule has 0 aliphatic carbocycles. The van der Waals surface area contributed by atoms with Crippen LogP contribution in [0.2, 0.25) is 0 Å². The maximum absolute atomic E-state index is 5.99. The lowest BCUT2D eigenvalue weighted by Crippen LogP contribution is -1.86.